The van der Waals surface area contributed by atoms with Crippen LogP contribution in [-0.2, 0) is 36.1 Å². The molecule has 6 nitrogen and oxygen atoms in total. The summed E-state index contributed by atoms with van der Waals surface area (Å²) < 4.78 is 0. The first kappa shape index (κ1) is 25.4. The Hall–Kier alpha value is -1.53. The van der Waals surface area contributed by atoms with E-state index in [9.17, 15) is 0 Å². The molecule has 0 amide bonds. The van der Waals surface area contributed by atoms with Gasteiger partial charge in [0.1, 0.15) is 0 Å². The van der Waals surface area contributed by atoms with Crippen LogP contribution in [0.15, 0.2) is 22.3 Å². The summed E-state index contributed by atoms with van der Waals surface area (Å²) in [5.41, 5.74) is 6.44. The van der Waals surface area contributed by atoms with E-state index in [1.165, 1.54) is 19.3 Å². The van der Waals surface area contributed by atoms with Gasteiger partial charge in [-0.15, -0.1) is 5.57 Å². The van der Waals surface area contributed by atoms with Crippen LogP contribution in [-0.4, -0.2) is 34.7 Å². The van der Waals surface area contributed by atoms with Gasteiger partial charge in [0, 0.05) is 21.7 Å². The Bertz CT molecular complexity index is 387. The van der Waals surface area contributed by atoms with Crippen LogP contribution in [0.5, 0.6) is 0 Å². The molecule has 0 aromatic carbocycles. The van der Waals surface area contributed by atoms with Crippen molar-refractivity contribution in [3.8, 4) is 0 Å². The molecule has 1 atom stereocenters. The zero-order valence-corrected chi connectivity index (χ0v) is 14.6. The SMILES string of the molecule is CC1=C(C)C(C)C2=C1[CH-]CCC2.O=CO.O=CO.O=CO.[Ti]. The van der Waals surface area contributed by atoms with E-state index in [-0.39, 0.29) is 41.1 Å². The van der Waals surface area contributed by atoms with Gasteiger partial charge in [0.2, 0.25) is 0 Å². The molecule has 0 saturated carbocycles. The van der Waals surface area contributed by atoms with E-state index in [2.05, 4.69) is 27.2 Å². The van der Waals surface area contributed by atoms with Crippen molar-refractivity contribution in [1.29, 1.82) is 0 Å². The summed E-state index contributed by atoms with van der Waals surface area (Å²) in [7, 11) is 0. The van der Waals surface area contributed by atoms with Gasteiger partial charge in [0.25, 0.3) is 19.4 Å². The van der Waals surface area contributed by atoms with E-state index >= 15 is 0 Å². The first-order valence-electron chi connectivity index (χ1n) is 6.44. The van der Waals surface area contributed by atoms with Crippen molar-refractivity contribution in [1.82, 2.24) is 0 Å². The first-order valence-corrected chi connectivity index (χ1v) is 6.44. The van der Waals surface area contributed by atoms with Gasteiger partial charge in [-0.1, -0.05) is 46.0 Å². The van der Waals surface area contributed by atoms with Crippen LogP contribution in [0.25, 0.3) is 0 Å². The maximum atomic E-state index is 8.36. The predicted octanol–water partition coefficient (Wildman–Crippen LogP) is 2.76. The van der Waals surface area contributed by atoms with Crippen molar-refractivity contribution in [2.45, 2.75) is 40.0 Å². The van der Waals surface area contributed by atoms with Crippen molar-refractivity contribution in [3.05, 3.63) is 28.7 Å². The van der Waals surface area contributed by atoms with Crippen LogP contribution < -0.4 is 0 Å². The average Bonchev–Trinajstić information content (AvgIpc) is 2.67. The van der Waals surface area contributed by atoms with Gasteiger partial charge < -0.3 is 15.3 Å². The molecule has 124 valence electrons. The molecule has 0 aromatic rings. The Morgan fingerprint density at radius 3 is 1.82 bits per heavy atom. The zero-order valence-electron chi connectivity index (χ0n) is 13.1. The van der Waals surface area contributed by atoms with Gasteiger partial charge in [-0.2, -0.15) is 23.1 Å². The molecule has 2 rings (SSSR count). The smallest absolute Gasteiger partial charge is 0.290 e. The van der Waals surface area contributed by atoms with Crippen LogP contribution in [0.4, 0.5) is 0 Å². The molecule has 0 radical (unpaired) electrons. The van der Waals surface area contributed by atoms with E-state index in [0.717, 1.165) is 5.92 Å². The second-order valence-electron chi connectivity index (χ2n) is 4.38. The molecule has 2 aliphatic carbocycles. The van der Waals surface area contributed by atoms with Crippen LogP contribution in [0.3, 0.4) is 0 Å². The van der Waals surface area contributed by atoms with E-state index in [4.69, 9.17) is 29.7 Å². The first-order chi connectivity index (χ1) is 9.96. The van der Waals surface area contributed by atoms with E-state index < -0.39 is 0 Å². The summed E-state index contributed by atoms with van der Waals surface area (Å²) in [6.07, 6.45) is 6.42. The molecule has 0 aromatic heterocycles. The molecular weight excluding hydrogens is 324 g/mol. The molecule has 0 saturated heterocycles. The molecule has 2 aliphatic rings. The van der Waals surface area contributed by atoms with Crippen LogP contribution in [0, 0.1) is 12.3 Å². The van der Waals surface area contributed by atoms with Gasteiger partial charge in [0.05, 0.1) is 0 Å². The summed E-state index contributed by atoms with van der Waals surface area (Å²) in [5.74, 6) is 0.733. The van der Waals surface area contributed by atoms with Crippen molar-refractivity contribution in [2.75, 3.05) is 0 Å². The van der Waals surface area contributed by atoms with Gasteiger partial charge in [-0.3, -0.25) is 14.4 Å². The number of carbonyl (C=O) groups is 3. The van der Waals surface area contributed by atoms with Gasteiger partial charge >= 0.3 is 0 Å². The Morgan fingerprint density at radius 1 is 1.05 bits per heavy atom. The maximum absolute atomic E-state index is 8.36. The van der Waals surface area contributed by atoms with E-state index in [0.29, 0.717) is 0 Å². The number of hydrogen-bond acceptors (Lipinski definition) is 3. The third kappa shape index (κ3) is 8.69. The molecule has 0 spiro atoms. The van der Waals surface area contributed by atoms with Crippen LogP contribution in [0.2, 0.25) is 0 Å². The second-order valence-corrected chi connectivity index (χ2v) is 4.38. The number of rotatable bonds is 0. The fraction of sp³-hybridized carbons (Fsp3) is 0.467. The molecule has 0 aliphatic heterocycles. The Morgan fingerprint density at radius 2 is 1.45 bits per heavy atom. The molecule has 1 unspecified atom stereocenters. The Labute approximate surface area is 145 Å². The van der Waals surface area contributed by atoms with Crippen LogP contribution >= 0.6 is 0 Å². The minimum Gasteiger partial charge on any atom is -0.483 e. The van der Waals surface area contributed by atoms with Crippen molar-refractivity contribution < 1.29 is 51.4 Å². The quantitative estimate of drug-likeness (QED) is 0.353. The standard InChI is InChI=1S/C12H17.3CH2O2.Ti/c1-8-9(2)11-6-4-5-7-12(11)10(8)3;3*2-1-3;/h6,10H,4-5,7H2,1-3H3;3*1H,(H,2,3);/q-1;;;;. The fourth-order valence-corrected chi connectivity index (χ4v) is 2.45. The van der Waals surface area contributed by atoms with Gasteiger partial charge in [-0.05, 0) is 0 Å². The number of carboxylic acid groups (broad SMARTS) is 3. The molecule has 0 heterocycles. The minimum atomic E-state index is -0.250. The molecule has 22 heavy (non-hydrogen) atoms. The third-order valence-corrected chi connectivity index (χ3v) is 3.51. The fourth-order valence-electron chi connectivity index (χ4n) is 2.45. The summed E-state index contributed by atoms with van der Waals surface area (Å²) in [4.78, 5) is 25.1. The number of allylic oxidation sites excluding steroid dienone is 4. The molecule has 7 heteroatoms. The van der Waals surface area contributed by atoms with Gasteiger partial charge in [0.15, 0.2) is 0 Å². The van der Waals surface area contributed by atoms with E-state index in [1.807, 2.05) is 0 Å². The van der Waals surface area contributed by atoms with Crippen molar-refractivity contribution in [3.63, 3.8) is 0 Å². The second kappa shape index (κ2) is 15.9. The average molecular weight is 347 g/mol. The summed E-state index contributed by atoms with van der Waals surface area (Å²) in [6, 6.07) is 0. The third-order valence-electron chi connectivity index (χ3n) is 3.51. The summed E-state index contributed by atoms with van der Waals surface area (Å²) in [5, 5.41) is 20.7. The monoisotopic (exact) mass is 347 g/mol. The zero-order chi connectivity index (χ0) is 16.8. The largest absolute Gasteiger partial charge is 0.483 e. The minimum absolute atomic E-state index is 0. The Kier molecular flexibility index (Phi) is 18.3. The Balaban J connectivity index is -0.000000307. The molecule has 0 bridgehead atoms. The van der Waals surface area contributed by atoms with Crippen LogP contribution in [0.1, 0.15) is 40.0 Å². The maximum Gasteiger partial charge on any atom is 0.290 e. The molecule has 0 fully saturated rings. The number of hydrogen-bond donors (Lipinski definition) is 3. The predicted molar refractivity (Wildman–Crippen MR) is 78.8 cm³/mol. The molecule has 3 N–H and O–H groups in total. The molecular formula is C15H23O6Ti-. The normalized spacial score (nSPS) is 17.5. The van der Waals surface area contributed by atoms with Gasteiger partial charge in [-0.25, -0.2) is 0 Å². The summed E-state index contributed by atoms with van der Waals surface area (Å²) in [6.45, 7) is 6.16. The van der Waals surface area contributed by atoms with E-state index in [1.54, 1.807) is 22.3 Å². The van der Waals surface area contributed by atoms with Crippen molar-refractivity contribution >= 4 is 19.4 Å². The topological polar surface area (TPSA) is 112 Å². The summed E-state index contributed by atoms with van der Waals surface area (Å²) >= 11 is 0. The van der Waals surface area contributed by atoms with Crippen molar-refractivity contribution in [2.24, 2.45) is 5.92 Å².